The molecule has 2 aromatic rings. The van der Waals surface area contributed by atoms with E-state index in [1.54, 1.807) is 0 Å². The summed E-state index contributed by atoms with van der Waals surface area (Å²) in [4.78, 5) is 8.31. The summed E-state index contributed by atoms with van der Waals surface area (Å²) in [6.45, 7) is 12.9. The maximum Gasteiger partial charge on any atom is 0.137 e. The predicted octanol–water partition coefficient (Wildman–Crippen LogP) is 5.62. The summed E-state index contributed by atoms with van der Waals surface area (Å²) in [6.07, 6.45) is 0. The molecule has 0 spiro atoms. The second-order valence-electron chi connectivity index (χ2n) is 7.11. The number of benzene rings is 1. The van der Waals surface area contributed by atoms with Gasteiger partial charge in [-0.05, 0) is 12.8 Å². The summed E-state index contributed by atoms with van der Waals surface area (Å²) in [6, 6.07) is 8.41. The van der Waals surface area contributed by atoms with Crippen molar-refractivity contribution in [1.29, 1.82) is 0 Å². The topological polar surface area (TPSA) is 28.7 Å². The first kappa shape index (κ1) is 16.1. The second kappa shape index (κ2) is 5.84. The van der Waals surface area contributed by atoms with Gasteiger partial charge in [0.15, 0.2) is 0 Å². The van der Waals surface area contributed by atoms with E-state index in [1.807, 2.05) is 0 Å². The van der Waals surface area contributed by atoms with Crippen molar-refractivity contribution in [3.63, 3.8) is 0 Å². The van der Waals surface area contributed by atoms with Crippen LogP contribution in [0.2, 0.25) is 0 Å². The first-order chi connectivity index (χ1) is 9.70. The normalized spacial score (nSPS) is 13.7. The highest BCUT2D eigenvalue weighted by Crippen LogP contribution is 2.36. The number of H-pyrrole nitrogens is 1. The Balaban J connectivity index is 2.53. The fourth-order valence-electron chi connectivity index (χ4n) is 2.34. The number of imidazole rings is 1. The van der Waals surface area contributed by atoms with Gasteiger partial charge in [-0.25, -0.2) is 4.98 Å². The fourth-order valence-corrected chi connectivity index (χ4v) is 2.50. The Bertz CT molecular complexity index is 603. The molecular weight excluding hydrogens is 280 g/mol. The number of hydrogen-bond donors (Lipinski definition) is 1. The van der Waals surface area contributed by atoms with Crippen molar-refractivity contribution in [2.75, 3.05) is 0 Å². The molecule has 0 fully saturated rings. The van der Waals surface area contributed by atoms with E-state index in [0.717, 1.165) is 22.8 Å². The summed E-state index contributed by atoms with van der Waals surface area (Å²) >= 11 is 6.61. The van der Waals surface area contributed by atoms with Gasteiger partial charge < -0.3 is 4.98 Å². The average Bonchev–Trinajstić information content (AvgIpc) is 2.83. The molecule has 1 aromatic carbocycles. The van der Waals surface area contributed by atoms with E-state index in [2.05, 4.69) is 70.8 Å². The van der Waals surface area contributed by atoms with E-state index in [4.69, 9.17) is 16.6 Å². The van der Waals surface area contributed by atoms with Crippen molar-refractivity contribution < 1.29 is 0 Å². The number of aromatic amines is 1. The van der Waals surface area contributed by atoms with Crippen LogP contribution in [0.25, 0.3) is 11.4 Å². The molecule has 1 N–H and O–H groups in total. The highest BCUT2D eigenvalue weighted by atomic mass is 35.5. The van der Waals surface area contributed by atoms with E-state index in [9.17, 15) is 0 Å². The molecule has 0 amide bonds. The molecule has 1 aromatic heterocycles. The Hall–Kier alpha value is -1.28. The van der Waals surface area contributed by atoms with Crippen molar-refractivity contribution in [2.24, 2.45) is 5.92 Å². The predicted molar refractivity (Wildman–Crippen MR) is 90.9 cm³/mol. The molecule has 0 bridgehead atoms. The van der Waals surface area contributed by atoms with Crippen LogP contribution in [-0.2, 0) is 5.41 Å². The zero-order valence-corrected chi connectivity index (χ0v) is 14.5. The number of hydrogen-bond acceptors (Lipinski definition) is 1. The molecule has 0 radical (unpaired) electrons. The first-order valence-corrected chi connectivity index (χ1v) is 7.95. The molecule has 0 saturated heterocycles. The van der Waals surface area contributed by atoms with Gasteiger partial charge in [0.2, 0.25) is 0 Å². The summed E-state index contributed by atoms with van der Waals surface area (Å²) in [5, 5.41) is -0.0501. The van der Waals surface area contributed by atoms with Crippen molar-refractivity contribution in [3.05, 3.63) is 41.2 Å². The number of halogens is 1. The number of rotatable bonds is 3. The zero-order valence-electron chi connectivity index (χ0n) is 13.8. The van der Waals surface area contributed by atoms with Crippen LogP contribution in [-0.4, -0.2) is 9.97 Å². The van der Waals surface area contributed by atoms with Gasteiger partial charge in [-0.2, -0.15) is 0 Å². The summed E-state index contributed by atoms with van der Waals surface area (Å²) in [7, 11) is 0. The van der Waals surface area contributed by atoms with Crippen LogP contribution in [0.15, 0.2) is 24.3 Å². The summed E-state index contributed by atoms with van der Waals surface area (Å²) in [5.41, 5.74) is 4.43. The average molecular weight is 305 g/mol. The molecule has 1 atom stereocenters. The monoisotopic (exact) mass is 304 g/mol. The lowest BCUT2D eigenvalue weighted by atomic mass is 9.88. The number of aryl methyl sites for hydroxylation is 1. The molecular formula is C18H25ClN2. The Kier molecular flexibility index (Phi) is 4.48. The molecule has 21 heavy (non-hydrogen) atoms. The zero-order chi connectivity index (χ0) is 15.8. The van der Waals surface area contributed by atoms with Gasteiger partial charge in [-0.15, -0.1) is 11.6 Å². The van der Waals surface area contributed by atoms with E-state index in [0.29, 0.717) is 5.92 Å². The van der Waals surface area contributed by atoms with Gasteiger partial charge in [0.1, 0.15) is 5.82 Å². The van der Waals surface area contributed by atoms with Crippen LogP contribution in [0.4, 0.5) is 0 Å². The maximum absolute atomic E-state index is 6.61. The summed E-state index contributed by atoms with van der Waals surface area (Å²) < 4.78 is 0. The fraction of sp³-hybridized carbons (Fsp3) is 0.500. The third kappa shape index (κ3) is 3.49. The standard InChI is InChI=1S/C18H25ClN2/c1-11(2)14(19)15-16(18(4,5)6)21-17(20-15)13-9-7-12(3)8-10-13/h7-11,14H,1-6H3,(H,20,21). The molecule has 114 valence electrons. The lowest BCUT2D eigenvalue weighted by Crippen LogP contribution is -2.16. The van der Waals surface area contributed by atoms with Gasteiger partial charge in [0, 0.05) is 11.0 Å². The van der Waals surface area contributed by atoms with Crippen LogP contribution in [0.5, 0.6) is 0 Å². The minimum atomic E-state index is -0.0501. The molecule has 1 unspecified atom stereocenters. The van der Waals surface area contributed by atoms with Crippen molar-refractivity contribution >= 4 is 11.6 Å². The number of aromatic nitrogens is 2. The van der Waals surface area contributed by atoms with Crippen molar-refractivity contribution in [2.45, 2.75) is 52.3 Å². The van der Waals surface area contributed by atoms with Gasteiger partial charge in [-0.3, -0.25) is 0 Å². The Morgan fingerprint density at radius 3 is 2.14 bits per heavy atom. The number of nitrogens with zero attached hydrogens (tertiary/aromatic N) is 1. The van der Waals surface area contributed by atoms with Gasteiger partial charge in [0.05, 0.1) is 16.8 Å². The van der Waals surface area contributed by atoms with E-state index < -0.39 is 0 Å². The Morgan fingerprint density at radius 1 is 1.10 bits per heavy atom. The second-order valence-corrected chi connectivity index (χ2v) is 7.58. The highest BCUT2D eigenvalue weighted by Gasteiger charge is 2.28. The van der Waals surface area contributed by atoms with Crippen LogP contribution < -0.4 is 0 Å². The molecule has 0 aliphatic rings. The molecule has 2 rings (SSSR count). The molecule has 0 aliphatic heterocycles. The van der Waals surface area contributed by atoms with Gasteiger partial charge in [-0.1, -0.05) is 64.4 Å². The molecule has 1 heterocycles. The lowest BCUT2D eigenvalue weighted by Gasteiger charge is -2.21. The van der Waals surface area contributed by atoms with Gasteiger partial charge >= 0.3 is 0 Å². The SMILES string of the molecule is Cc1ccc(-c2nc(C(C)(C)C)c(C(Cl)C(C)C)[nH]2)cc1. The first-order valence-electron chi connectivity index (χ1n) is 7.51. The lowest BCUT2D eigenvalue weighted by molar-refractivity contribution is 0.543. The van der Waals surface area contributed by atoms with Crippen molar-refractivity contribution in [1.82, 2.24) is 9.97 Å². The highest BCUT2D eigenvalue weighted by molar-refractivity contribution is 6.20. The largest absolute Gasteiger partial charge is 0.340 e. The smallest absolute Gasteiger partial charge is 0.137 e. The van der Waals surface area contributed by atoms with E-state index >= 15 is 0 Å². The van der Waals surface area contributed by atoms with Crippen LogP contribution in [0.3, 0.4) is 0 Å². The minimum Gasteiger partial charge on any atom is -0.340 e. The van der Waals surface area contributed by atoms with E-state index in [1.165, 1.54) is 5.56 Å². The van der Waals surface area contributed by atoms with Crippen LogP contribution in [0.1, 0.15) is 56.9 Å². The number of nitrogens with one attached hydrogen (secondary N) is 1. The molecule has 3 heteroatoms. The summed E-state index contributed by atoms with van der Waals surface area (Å²) in [5.74, 6) is 1.26. The number of alkyl halides is 1. The van der Waals surface area contributed by atoms with Gasteiger partial charge in [0.25, 0.3) is 0 Å². The van der Waals surface area contributed by atoms with Crippen LogP contribution in [0, 0.1) is 12.8 Å². The third-order valence-electron chi connectivity index (χ3n) is 3.63. The Morgan fingerprint density at radius 2 is 1.67 bits per heavy atom. The maximum atomic E-state index is 6.61. The molecule has 0 aliphatic carbocycles. The minimum absolute atomic E-state index is 0.0309. The van der Waals surface area contributed by atoms with Crippen LogP contribution >= 0.6 is 11.6 Å². The Labute approximate surface area is 133 Å². The molecule has 2 nitrogen and oxygen atoms in total. The quantitative estimate of drug-likeness (QED) is 0.733. The third-order valence-corrected chi connectivity index (χ3v) is 4.35. The van der Waals surface area contributed by atoms with E-state index in [-0.39, 0.29) is 10.8 Å². The van der Waals surface area contributed by atoms with Crippen molar-refractivity contribution in [3.8, 4) is 11.4 Å². The molecule has 0 saturated carbocycles.